The van der Waals surface area contributed by atoms with Crippen molar-refractivity contribution in [3.8, 4) is 5.75 Å². The van der Waals surface area contributed by atoms with Gasteiger partial charge in [0.25, 0.3) is 5.91 Å². The van der Waals surface area contributed by atoms with Crippen LogP contribution in [0.5, 0.6) is 5.75 Å². The molecule has 1 aromatic rings. The van der Waals surface area contributed by atoms with E-state index in [0.717, 1.165) is 12.1 Å². The molecule has 0 unspecified atom stereocenters. The predicted octanol–water partition coefficient (Wildman–Crippen LogP) is 3.33. The van der Waals surface area contributed by atoms with Crippen molar-refractivity contribution in [2.45, 2.75) is 25.7 Å². The number of ether oxygens (including phenoxy) is 1. The van der Waals surface area contributed by atoms with Crippen molar-refractivity contribution in [2.24, 2.45) is 0 Å². The lowest BCUT2D eigenvalue weighted by atomic mass is 10.1. The van der Waals surface area contributed by atoms with Crippen molar-refractivity contribution in [2.75, 3.05) is 5.88 Å². The van der Waals surface area contributed by atoms with Gasteiger partial charge in [0.15, 0.2) is 0 Å². The van der Waals surface area contributed by atoms with Crippen molar-refractivity contribution in [3.63, 3.8) is 0 Å². The van der Waals surface area contributed by atoms with Gasteiger partial charge < -0.3 is 10.1 Å². The summed E-state index contributed by atoms with van der Waals surface area (Å²) >= 11 is 5.66. The van der Waals surface area contributed by atoms with E-state index in [1.54, 1.807) is 13.8 Å². The van der Waals surface area contributed by atoms with Crippen molar-refractivity contribution < 1.29 is 22.7 Å². The van der Waals surface area contributed by atoms with E-state index in [4.69, 9.17) is 11.6 Å². The minimum absolute atomic E-state index is 0.216. The largest absolute Gasteiger partial charge is 0.573 e. The average molecular weight is 296 g/mol. The highest BCUT2D eigenvalue weighted by atomic mass is 35.5. The van der Waals surface area contributed by atoms with Crippen LogP contribution in [0.2, 0.25) is 0 Å². The molecule has 1 rings (SSSR count). The number of benzene rings is 1. The molecule has 1 aromatic carbocycles. The zero-order chi connectivity index (χ0) is 14.7. The molecule has 19 heavy (non-hydrogen) atoms. The van der Waals surface area contributed by atoms with E-state index in [9.17, 15) is 18.0 Å². The second-order valence-electron chi connectivity index (χ2n) is 4.54. The monoisotopic (exact) mass is 295 g/mol. The Hall–Kier alpha value is -1.43. The molecule has 0 spiro atoms. The standard InChI is InChI=1S/C12H13ClF3NO2/c1-11(2,7-13)17-10(18)8-3-5-9(6-4-8)19-12(14,15)16/h3-6H,7H2,1-2H3,(H,17,18). The lowest BCUT2D eigenvalue weighted by molar-refractivity contribution is -0.274. The molecule has 0 saturated carbocycles. The maximum absolute atomic E-state index is 12.0. The fourth-order valence-electron chi connectivity index (χ4n) is 1.22. The van der Waals surface area contributed by atoms with Crippen LogP contribution in [0.3, 0.4) is 0 Å². The predicted molar refractivity (Wildman–Crippen MR) is 65.4 cm³/mol. The average Bonchev–Trinajstić information content (AvgIpc) is 2.27. The van der Waals surface area contributed by atoms with Gasteiger partial charge in [0.1, 0.15) is 5.75 Å². The van der Waals surface area contributed by atoms with Gasteiger partial charge in [-0.15, -0.1) is 24.8 Å². The number of halogens is 4. The number of carbonyl (C=O) groups excluding carboxylic acids is 1. The van der Waals surface area contributed by atoms with Crippen LogP contribution < -0.4 is 10.1 Å². The van der Waals surface area contributed by atoms with E-state index >= 15 is 0 Å². The molecule has 106 valence electrons. The topological polar surface area (TPSA) is 38.3 Å². The number of hydrogen-bond acceptors (Lipinski definition) is 2. The SMILES string of the molecule is CC(C)(CCl)NC(=O)c1ccc(OC(F)(F)F)cc1. The van der Waals surface area contributed by atoms with E-state index < -0.39 is 17.8 Å². The molecule has 1 N–H and O–H groups in total. The van der Waals surface area contributed by atoms with Gasteiger partial charge in [0.2, 0.25) is 0 Å². The second kappa shape index (κ2) is 5.69. The number of nitrogens with one attached hydrogen (secondary N) is 1. The van der Waals surface area contributed by atoms with Crippen molar-refractivity contribution in [3.05, 3.63) is 29.8 Å². The number of rotatable bonds is 4. The smallest absolute Gasteiger partial charge is 0.406 e. The Morgan fingerprint density at radius 1 is 1.26 bits per heavy atom. The summed E-state index contributed by atoms with van der Waals surface area (Å²) in [5.74, 6) is -0.571. The van der Waals surface area contributed by atoms with Gasteiger partial charge in [0.05, 0.1) is 0 Å². The second-order valence-corrected chi connectivity index (χ2v) is 4.81. The van der Waals surface area contributed by atoms with Crippen LogP contribution in [-0.2, 0) is 0 Å². The van der Waals surface area contributed by atoms with Crippen molar-refractivity contribution in [1.29, 1.82) is 0 Å². The lowest BCUT2D eigenvalue weighted by Crippen LogP contribution is -2.44. The summed E-state index contributed by atoms with van der Waals surface area (Å²) in [5, 5.41) is 2.66. The number of alkyl halides is 4. The maximum Gasteiger partial charge on any atom is 0.573 e. The number of amides is 1. The number of hydrogen-bond donors (Lipinski definition) is 1. The first-order chi connectivity index (χ1) is 8.63. The van der Waals surface area contributed by atoms with Crippen LogP contribution >= 0.6 is 11.6 Å². The van der Waals surface area contributed by atoms with E-state index in [1.807, 2.05) is 0 Å². The third kappa shape index (κ3) is 5.38. The summed E-state index contributed by atoms with van der Waals surface area (Å²) in [7, 11) is 0. The van der Waals surface area contributed by atoms with E-state index in [1.165, 1.54) is 12.1 Å². The molecule has 0 heterocycles. The van der Waals surface area contributed by atoms with E-state index in [2.05, 4.69) is 10.1 Å². The first-order valence-corrected chi connectivity index (χ1v) is 5.91. The Kier molecular flexibility index (Phi) is 4.68. The van der Waals surface area contributed by atoms with Crippen molar-refractivity contribution >= 4 is 17.5 Å². The third-order valence-corrected chi connectivity index (χ3v) is 2.80. The highest BCUT2D eigenvalue weighted by Gasteiger charge is 2.31. The Bertz CT molecular complexity index is 443. The Morgan fingerprint density at radius 2 is 1.79 bits per heavy atom. The first kappa shape index (κ1) is 15.6. The molecule has 0 saturated heterocycles. The zero-order valence-electron chi connectivity index (χ0n) is 10.3. The van der Waals surface area contributed by atoms with Gasteiger partial charge in [0, 0.05) is 17.0 Å². The maximum atomic E-state index is 12.0. The molecule has 0 aliphatic carbocycles. The summed E-state index contributed by atoms with van der Waals surface area (Å²) in [6.45, 7) is 3.47. The molecule has 1 amide bonds. The minimum atomic E-state index is -4.75. The quantitative estimate of drug-likeness (QED) is 0.865. The molecule has 0 radical (unpaired) electrons. The van der Waals surface area contributed by atoms with Gasteiger partial charge in [-0.2, -0.15) is 0 Å². The molecule has 7 heteroatoms. The van der Waals surface area contributed by atoms with Gasteiger partial charge in [-0.3, -0.25) is 4.79 Å². The van der Waals surface area contributed by atoms with Crippen LogP contribution in [0.1, 0.15) is 24.2 Å². The molecule has 0 aliphatic heterocycles. The highest BCUT2D eigenvalue weighted by molar-refractivity contribution is 6.18. The summed E-state index contributed by atoms with van der Waals surface area (Å²) in [5.41, 5.74) is -0.368. The summed E-state index contributed by atoms with van der Waals surface area (Å²) in [4.78, 5) is 11.8. The van der Waals surface area contributed by atoms with Crippen LogP contribution in [0.4, 0.5) is 13.2 Å². The van der Waals surface area contributed by atoms with Gasteiger partial charge in [-0.05, 0) is 38.1 Å². The van der Waals surface area contributed by atoms with E-state index in [-0.39, 0.29) is 17.2 Å². The minimum Gasteiger partial charge on any atom is -0.406 e. The van der Waals surface area contributed by atoms with Gasteiger partial charge in [-0.1, -0.05) is 0 Å². The molecule has 0 aromatic heterocycles. The molecular weight excluding hydrogens is 283 g/mol. The molecule has 0 bridgehead atoms. The lowest BCUT2D eigenvalue weighted by Gasteiger charge is -2.23. The Labute approximate surface area is 113 Å². The van der Waals surface area contributed by atoms with Crippen LogP contribution in [0, 0.1) is 0 Å². The van der Waals surface area contributed by atoms with Crippen LogP contribution in [0.25, 0.3) is 0 Å². The van der Waals surface area contributed by atoms with Gasteiger partial charge >= 0.3 is 6.36 Å². The molecule has 0 atom stereocenters. The third-order valence-electron chi connectivity index (χ3n) is 2.14. The Balaban J connectivity index is 2.74. The fourth-order valence-corrected chi connectivity index (χ4v) is 1.29. The Morgan fingerprint density at radius 3 is 2.21 bits per heavy atom. The highest BCUT2D eigenvalue weighted by Crippen LogP contribution is 2.22. The summed E-state index contributed by atoms with van der Waals surface area (Å²) in [6.07, 6.45) is -4.75. The molecule has 0 fully saturated rings. The number of carbonyl (C=O) groups is 1. The van der Waals surface area contributed by atoms with Crippen LogP contribution in [-0.4, -0.2) is 23.7 Å². The first-order valence-electron chi connectivity index (χ1n) is 5.37. The van der Waals surface area contributed by atoms with E-state index in [0.29, 0.717) is 0 Å². The molecular formula is C12H13ClF3NO2. The zero-order valence-corrected chi connectivity index (χ0v) is 11.1. The van der Waals surface area contributed by atoms with Crippen molar-refractivity contribution in [1.82, 2.24) is 5.32 Å². The fraction of sp³-hybridized carbons (Fsp3) is 0.417. The normalized spacial score (nSPS) is 12.1. The molecule has 3 nitrogen and oxygen atoms in total. The molecule has 0 aliphatic rings. The van der Waals surface area contributed by atoms with Crippen LogP contribution in [0.15, 0.2) is 24.3 Å². The summed E-state index contributed by atoms with van der Waals surface area (Å²) in [6, 6.07) is 4.66. The summed E-state index contributed by atoms with van der Waals surface area (Å²) < 4.78 is 39.6. The van der Waals surface area contributed by atoms with Gasteiger partial charge in [-0.25, -0.2) is 0 Å².